The van der Waals surface area contributed by atoms with Crippen LogP contribution in [-0.2, 0) is 21.3 Å². The van der Waals surface area contributed by atoms with Crippen molar-refractivity contribution in [3.05, 3.63) is 27.9 Å². The molecule has 2 heterocycles. The van der Waals surface area contributed by atoms with E-state index in [4.69, 9.17) is 4.74 Å². The highest BCUT2D eigenvalue weighted by Crippen LogP contribution is 2.24. The minimum absolute atomic E-state index is 0.0616. The highest BCUT2D eigenvalue weighted by atomic mass is 32.2. The first kappa shape index (κ1) is 14.7. The molecule has 0 spiro atoms. The Morgan fingerprint density at radius 1 is 1.29 bits per heavy atom. The van der Waals surface area contributed by atoms with Gasteiger partial charge in [-0.3, -0.25) is 9.36 Å². The molecule has 2 aromatic rings. The predicted octanol–water partition coefficient (Wildman–Crippen LogP) is 1.10. The summed E-state index contributed by atoms with van der Waals surface area (Å²) in [5.41, 5.74) is 0.786. The molecule has 114 valence electrons. The first-order valence-corrected chi connectivity index (χ1v) is 9.01. The molecule has 1 saturated heterocycles. The molecule has 3 rings (SSSR count). The Bertz CT molecular complexity index is 816. The van der Waals surface area contributed by atoms with Crippen molar-refractivity contribution in [2.45, 2.75) is 18.4 Å². The van der Waals surface area contributed by atoms with Gasteiger partial charge in [0.1, 0.15) is 0 Å². The number of benzene rings is 1. The monoisotopic (exact) mass is 328 g/mol. The van der Waals surface area contributed by atoms with Crippen molar-refractivity contribution < 1.29 is 13.2 Å². The second-order valence-corrected chi connectivity index (χ2v) is 7.69. The summed E-state index contributed by atoms with van der Waals surface area (Å²) in [4.78, 5) is 12.0. The van der Waals surface area contributed by atoms with E-state index < -0.39 is 10.0 Å². The zero-order chi connectivity index (χ0) is 15.0. The van der Waals surface area contributed by atoms with Gasteiger partial charge in [0.05, 0.1) is 28.3 Å². The van der Waals surface area contributed by atoms with E-state index in [9.17, 15) is 13.2 Å². The van der Waals surface area contributed by atoms with Crippen LogP contribution in [-0.4, -0.2) is 43.6 Å². The lowest BCUT2D eigenvalue weighted by atomic mass is 10.3. The predicted molar refractivity (Wildman–Crippen MR) is 81.3 cm³/mol. The summed E-state index contributed by atoms with van der Waals surface area (Å²) in [5.74, 6) is 0. The number of thiazole rings is 1. The van der Waals surface area contributed by atoms with Crippen LogP contribution in [0.2, 0.25) is 0 Å². The van der Waals surface area contributed by atoms with Crippen LogP contribution in [0.1, 0.15) is 6.92 Å². The molecular weight excluding hydrogens is 312 g/mol. The van der Waals surface area contributed by atoms with Gasteiger partial charge in [-0.15, -0.1) is 0 Å². The fourth-order valence-electron chi connectivity index (χ4n) is 2.44. The van der Waals surface area contributed by atoms with Gasteiger partial charge in [-0.05, 0) is 25.1 Å². The standard InChI is InChI=1S/C13H16N2O4S2/c1-2-15-11-4-3-10(9-12(11)20-13(15)16)21(17,18)14-5-7-19-8-6-14/h3-4,9H,2,5-8H2,1H3. The van der Waals surface area contributed by atoms with Crippen molar-refractivity contribution >= 4 is 31.6 Å². The molecule has 1 aromatic heterocycles. The summed E-state index contributed by atoms with van der Waals surface area (Å²) >= 11 is 1.08. The van der Waals surface area contributed by atoms with E-state index in [2.05, 4.69) is 0 Å². The number of aromatic nitrogens is 1. The van der Waals surface area contributed by atoms with Crippen molar-refractivity contribution in [3.8, 4) is 0 Å². The minimum atomic E-state index is -3.52. The molecule has 0 bridgehead atoms. The van der Waals surface area contributed by atoms with E-state index >= 15 is 0 Å². The van der Waals surface area contributed by atoms with Crippen molar-refractivity contribution in [3.63, 3.8) is 0 Å². The van der Waals surface area contributed by atoms with E-state index in [1.54, 1.807) is 22.8 Å². The second kappa shape index (κ2) is 5.53. The molecule has 1 fully saturated rings. The lowest BCUT2D eigenvalue weighted by Crippen LogP contribution is -2.40. The van der Waals surface area contributed by atoms with Crippen LogP contribution < -0.4 is 4.87 Å². The first-order chi connectivity index (χ1) is 10.0. The zero-order valence-electron chi connectivity index (χ0n) is 11.6. The number of fused-ring (bicyclic) bond motifs is 1. The molecule has 0 radical (unpaired) electrons. The summed E-state index contributed by atoms with van der Waals surface area (Å²) in [7, 11) is -3.52. The van der Waals surface area contributed by atoms with E-state index in [1.165, 1.54) is 4.31 Å². The van der Waals surface area contributed by atoms with Crippen molar-refractivity contribution in [1.82, 2.24) is 8.87 Å². The van der Waals surface area contributed by atoms with Gasteiger partial charge in [-0.1, -0.05) is 11.3 Å². The average molecular weight is 328 g/mol. The molecule has 0 amide bonds. The number of morpholine rings is 1. The third-order valence-corrected chi connectivity index (χ3v) is 6.40. The zero-order valence-corrected chi connectivity index (χ0v) is 13.2. The Morgan fingerprint density at radius 2 is 2.00 bits per heavy atom. The average Bonchev–Trinajstić information content (AvgIpc) is 2.82. The summed E-state index contributed by atoms with van der Waals surface area (Å²) in [6, 6.07) is 4.88. The number of rotatable bonds is 3. The van der Waals surface area contributed by atoms with E-state index in [0.29, 0.717) is 37.5 Å². The molecule has 0 N–H and O–H groups in total. The Kier molecular flexibility index (Phi) is 3.87. The second-order valence-electron chi connectivity index (χ2n) is 4.76. The Hall–Kier alpha value is -1.22. The topological polar surface area (TPSA) is 68.6 Å². The summed E-state index contributed by atoms with van der Waals surface area (Å²) in [6.45, 7) is 4.04. The Morgan fingerprint density at radius 3 is 2.67 bits per heavy atom. The van der Waals surface area contributed by atoms with Crippen LogP contribution in [0.15, 0.2) is 27.9 Å². The molecule has 8 heteroatoms. The van der Waals surface area contributed by atoms with Crippen LogP contribution in [0.25, 0.3) is 10.2 Å². The largest absolute Gasteiger partial charge is 0.379 e. The normalized spacial score (nSPS) is 17.4. The minimum Gasteiger partial charge on any atom is -0.379 e. The van der Waals surface area contributed by atoms with Gasteiger partial charge in [-0.2, -0.15) is 4.31 Å². The number of sulfonamides is 1. The smallest absolute Gasteiger partial charge is 0.308 e. The maximum Gasteiger partial charge on any atom is 0.308 e. The fraction of sp³-hybridized carbons (Fsp3) is 0.462. The molecule has 1 aromatic carbocycles. The highest BCUT2D eigenvalue weighted by molar-refractivity contribution is 7.89. The van der Waals surface area contributed by atoms with Gasteiger partial charge in [-0.25, -0.2) is 8.42 Å². The van der Waals surface area contributed by atoms with Gasteiger partial charge >= 0.3 is 4.87 Å². The number of ether oxygens (including phenoxy) is 1. The quantitative estimate of drug-likeness (QED) is 0.846. The SMILES string of the molecule is CCn1c(=O)sc2cc(S(=O)(=O)N3CCOCC3)ccc21. The number of aryl methyl sites for hydroxylation is 1. The van der Waals surface area contributed by atoms with Gasteiger partial charge in [0.25, 0.3) is 0 Å². The molecule has 0 saturated carbocycles. The number of nitrogens with zero attached hydrogens (tertiary/aromatic N) is 2. The van der Waals surface area contributed by atoms with Gasteiger partial charge in [0, 0.05) is 19.6 Å². The third-order valence-electron chi connectivity index (χ3n) is 3.56. The van der Waals surface area contributed by atoms with E-state index in [-0.39, 0.29) is 9.77 Å². The summed E-state index contributed by atoms with van der Waals surface area (Å²) in [5, 5.41) is 0. The molecule has 0 unspecified atom stereocenters. The van der Waals surface area contributed by atoms with Crippen molar-refractivity contribution in [2.24, 2.45) is 0 Å². The van der Waals surface area contributed by atoms with E-state index in [0.717, 1.165) is 16.9 Å². The van der Waals surface area contributed by atoms with E-state index in [1.807, 2.05) is 6.92 Å². The maximum atomic E-state index is 12.6. The highest BCUT2D eigenvalue weighted by Gasteiger charge is 2.26. The molecule has 0 atom stereocenters. The Balaban J connectivity index is 2.06. The van der Waals surface area contributed by atoms with Gasteiger partial charge in [0.15, 0.2) is 0 Å². The molecule has 0 aliphatic carbocycles. The summed E-state index contributed by atoms with van der Waals surface area (Å²) < 4.78 is 34.1. The number of hydrogen-bond acceptors (Lipinski definition) is 5. The van der Waals surface area contributed by atoms with Crippen LogP contribution in [0.4, 0.5) is 0 Å². The first-order valence-electron chi connectivity index (χ1n) is 6.75. The van der Waals surface area contributed by atoms with Crippen LogP contribution in [0.5, 0.6) is 0 Å². The lowest BCUT2D eigenvalue weighted by Gasteiger charge is -2.26. The fourth-order valence-corrected chi connectivity index (χ4v) is 4.95. The Labute approximate surface area is 126 Å². The molecule has 1 aliphatic heterocycles. The molecule has 6 nitrogen and oxygen atoms in total. The van der Waals surface area contributed by atoms with Crippen LogP contribution >= 0.6 is 11.3 Å². The van der Waals surface area contributed by atoms with Crippen LogP contribution in [0, 0.1) is 0 Å². The molecule has 1 aliphatic rings. The molecule has 21 heavy (non-hydrogen) atoms. The maximum absolute atomic E-state index is 12.6. The van der Waals surface area contributed by atoms with Gasteiger partial charge < -0.3 is 4.74 Å². The lowest BCUT2D eigenvalue weighted by molar-refractivity contribution is 0.0730. The number of hydrogen-bond donors (Lipinski definition) is 0. The van der Waals surface area contributed by atoms with Crippen LogP contribution in [0.3, 0.4) is 0 Å². The molecular formula is C13H16N2O4S2. The van der Waals surface area contributed by atoms with Crippen molar-refractivity contribution in [2.75, 3.05) is 26.3 Å². The summed E-state index contributed by atoms with van der Waals surface area (Å²) in [6.07, 6.45) is 0. The third kappa shape index (κ3) is 2.52. The van der Waals surface area contributed by atoms with Crippen molar-refractivity contribution in [1.29, 1.82) is 0 Å². The van der Waals surface area contributed by atoms with Gasteiger partial charge in [0.2, 0.25) is 10.0 Å².